The third-order valence-electron chi connectivity index (χ3n) is 1.55. The molecule has 0 aliphatic rings. The fraction of sp³-hybridized carbons (Fsp3) is 0.833. The van der Waals surface area contributed by atoms with Crippen LogP contribution in [0.1, 0.15) is 27.2 Å². The van der Waals surface area contributed by atoms with E-state index in [0.29, 0.717) is 0 Å². The summed E-state index contributed by atoms with van der Waals surface area (Å²) in [5, 5.41) is 0. The third-order valence-corrected chi connectivity index (χ3v) is 1.55. The SMILES string of the molecule is CCC(C)(C)C(N)=O.Cl.Cl. The number of rotatable bonds is 2. The zero-order chi connectivity index (χ0) is 6.78. The lowest BCUT2D eigenvalue weighted by molar-refractivity contribution is -0.126. The molecule has 0 spiro atoms. The maximum atomic E-state index is 10.5. The quantitative estimate of drug-likeness (QED) is 0.704. The highest BCUT2D eigenvalue weighted by Gasteiger charge is 2.21. The minimum Gasteiger partial charge on any atom is -0.369 e. The summed E-state index contributed by atoms with van der Waals surface area (Å²) in [4.78, 5) is 10.5. The van der Waals surface area contributed by atoms with Crippen molar-refractivity contribution in [1.82, 2.24) is 0 Å². The van der Waals surface area contributed by atoms with Crippen LogP contribution in [-0.4, -0.2) is 5.91 Å². The van der Waals surface area contributed by atoms with Gasteiger partial charge in [0.1, 0.15) is 0 Å². The number of amides is 1. The molecule has 0 atom stereocenters. The van der Waals surface area contributed by atoms with E-state index in [-0.39, 0.29) is 36.1 Å². The number of hydrogen-bond donors (Lipinski definition) is 1. The average molecular weight is 188 g/mol. The maximum absolute atomic E-state index is 10.5. The molecule has 1 amide bonds. The van der Waals surface area contributed by atoms with Gasteiger partial charge in [0.25, 0.3) is 0 Å². The van der Waals surface area contributed by atoms with Crippen LogP contribution >= 0.6 is 24.8 Å². The number of nitrogens with two attached hydrogens (primary N) is 1. The van der Waals surface area contributed by atoms with Crippen LogP contribution in [0.2, 0.25) is 0 Å². The molecular weight excluding hydrogens is 173 g/mol. The first kappa shape index (κ1) is 16.6. The Bertz CT molecular complexity index is 104. The Balaban J connectivity index is -0.000000245. The van der Waals surface area contributed by atoms with E-state index in [1.165, 1.54) is 0 Å². The van der Waals surface area contributed by atoms with Crippen LogP contribution < -0.4 is 5.73 Å². The van der Waals surface area contributed by atoms with Gasteiger partial charge in [-0.15, -0.1) is 24.8 Å². The molecule has 0 rings (SSSR count). The Kier molecular flexibility index (Phi) is 9.62. The molecule has 2 N–H and O–H groups in total. The summed E-state index contributed by atoms with van der Waals surface area (Å²) < 4.78 is 0. The van der Waals surface area contributed by atoms with E-state index in [4.69, 9.17) is 5.73 Å². The topological polar surface area (TPSA) is 43.1 Å². The number of halogens is 2. The summed E-state index contributed by atoms with van der Waals surface area (Å²) >= 11 is 0. The van der Waals surface area contributed by atoms with Crippen molar-refractivity contribution in [2.45, 2.75) is 27.2 Å². The number of primary amides is 1. The van der Waals surface area contributed by atoms with Crippen molar-refractivity contribution >= 4 is 30.7 Å². The summed E-state index contributed by atoms with van der Waals surface area (Å²) in [6.45, 7) is 5.63. The van der Waals surface area contributed by atoms with Gasteiger partial charge in [0.05, 0.1) is 0 Å². The van der Waals surface area contributed by atoms with Crippen molar-refractivity contribution in [2.75, 3.05) is 0 Å². The Morgan fingerprint density at radius 3 is 1.70 bits per heavy atom. The zero-order valence-corrected chi connectivity index (χ0v) is 8.14. The highest BCUT2D eigenvalue weighted by Crippen LogP contribution is 2.17. The molecule has 0 aromatic carbocycles. The zero-order valence-electron chi connectivity index (χ0n) is 6.51. The van der Waals surface area contributed by atoms with Gasteiger partial charge in [-0.25, -0.2) is 0 Å². The summed E-state index contributed by atoms with van der Waals surface area (Å²) in [6.07, 6.45) is 0.808. The van der Waals surface area contributed by atoms with Gasteiger partial charge in [0, 0.05) is 5.41 Å². The predicted octanol–water partition coefficient (Wildman–Crippen LogP) is 1.75. The van der Waals surface area contributed by atoms with Gasteiger partial charge >= 0.3 is 0 Å². The van der Waals surface area contributed by atoms with E-state index in [1.54, 1.807) is 0 Å². The molecule has 0 aliphatic heterocycles. The largest absolute Gasteiger partial charge is 0.369 e. The lowest BCUT2D eigenvalue weighted by Gasteiger charge is -2.16. The van der Waals surface area contributed by atoms with Crippen molar-refractivity contribution in [1.29, 1.82) is 0 Å². The molecule has 0 aromatic heterocycles. The fourth-order valence-corrected chi connectivity index (χ4v) is 0.174. The molecule has 0 unspecified atom stereocenters. The highest BCUT2D eigenvalue weighted by atomic mass is 35.5. The molecule has 0 fully saturated rings. The van der Waals surface area contributed by atoms with Crippen LogP contribution in [0.25, 0.3) is 0 Å². The van der Waals surface area contributed by atoms with Crippen molar-refractivity contribution in [3.8, 4) is 0 Å². The van der Waals surface area contributed by atoms with E-state index in [2.05, 4.69) is 0 Å². The molecular formula is C6H15Cl2NO. The van der Waals surface area contributed by atoms with Crippen molar-refractivity contribution in [3.05, 3.63) is 0 Å². The number of carbonyl (C=O) groups excluding carboxylic acids is 1. The first-order valence-corrected chi connectivity index (χ1v) is 2.80. The Morgan fingerprint density at radius 1 is 1.40 bits per heavy atom. The fourth-order valence-electron chi connectivity index (χ4n) is 0.174. The van der Waals surface area contributed by atoms with Crippen molar-refractivity contribution in [2.24, 2.45) is 11.1 Å². The second-order valence-corrected chi connectivity index (χ2v) is 2.60. The molecule has 0 bridgehead atoms. The minimum atomic E-state index is -0.319. The molecule has 0 saturated heterocycles. The van der Waals surface area contributed by atoms with E-state index in [9.17, 15) is 4.79 Å². The molecule has 10 heavy (non-hydrogen) atoms. The van der Waals surface area contributed by atoms with E-state index in [1.807, 2.05) is 20.8 Å². The van der Waals surface area contributed by atoms with Crippen LogP contribution in [0.3, 0.4) is 0 Å². The highest BCUT2D eigenvalue weighted by molar-refractivity contribution is 5.85. The molecule has 0 saturated carbocycles. The normalized spacial score (nSPS) is 9.10. The third kappa shape index (κ3) is 4.89. The molecule has 0 aromatic rings. The van der Waals surface area contributed by atoms with Gasteiger partial charge in [0.2, 0.25) is 5.91 Å². The summed E-state index contributed by atoms with van der Waals surface area (Å²) in [5.41, 5.74) is 4.72. The number of hydrogen-bond acceptors (Lipinski definition) is 1. The van der Waals surface area contributed by atoms with Crippen LogP contribution in [0.4, 0.5) is 0 Å². The molecule has 0 heterocycles. The van der Waals surface area contributed by atoms with Crippen LogP contribution in [-0.2, 0) is 4.79 Å². The van der Waals surface area contributed by atoms with Gasteiger partial charge in [-0.1, -0.05) is 20.8 Å². The van der Waals surface area contributed by atoms with Crippen LogP contribution in [0, 0.1) is 5.41 Å². The Hall–Kier alpha value is 0.0500. The van der Waals surface area contributed by atoms with Gasteiger partial charge < -0.3 is 5.73 Å². The second-order valence-electron chi connectivity index (χ2n) is 2.60. The smallest absolute Gasteiger partial charge is 0.223 e. The average Bonchev–Trinajstić information content (AvgIpc) is 1.67. The lowest BCUT2D eigenvalue weighted by Crippen LogP contribution is -2.30. The van der Waals surface area contributed by atoms with Gasteiger partial charge in [-0.3, -0.25) is 4.79 Å². The van der Waals surface area contributed by atoms with E-state index < -0.39 is 0 Å². The molecule has 0 aliphatic carbocycles. The summed E-state index contributed by atoms with van der Waals surface area (Å²) in [5.74, 6) is -0.222. The summed E-state index contributed by atoms with van der Waals surface area (Å²) in [7, 11) is 0. The Morgan fingerprint density at radius 2 is 1.70 bits per heavy atom. The van der Waals surface area contributed by atoms with Gasteiger partial charge in [-0.05, 0) is 6.42 Å². The first-order valence-electron chi connectivity index (χ1n) is 2.80. The number of carbonyl (C=O) groups is 1. The van der Waals surface area contributed by atoms with Gasteiger partial charge in [0.15, 0.2) is 0 Å². The lowest BCUT2D eigenvalue weighted by atomic mass is 9.90. The first-order chi connectivity index (χ1) is 3.50. The van der Waals surface area contributed by atoms with Gasteiger partial charge in [-0.2, -0.15) is 0 Å². The van der Waals surface area contributed by atoms with Crippen molar-refractivity contribution < 1.29 is 4.79 Å². The Labute approximate surface area is 74.4 Å². The van der Waals surface area contributed by atoms with Crippen LogP contribution in [0.5, 0.6) is 0 Å². The minimum absolute atomic E-state index is 0. The van der Waals surface area contributed by atoms with E-state index in [0.717, 1.165) is 6.42 Å². The maximum Gasteiger partial charge on any atom is 0.223 e. The van der Waals surface area contributed by atoms with E-state index >= 15 is 0 Å². The summed E-state index contributed by atoms with van der Waals surface area (Å²) in [6, 6.07) is 0. The monoisotopic (exact) mass is 187 g/mol. The predicted molar refractivity (Wildman–Crippen MR) is 47.8 cm³/mol. The molecule has 64 valence electrons. The van der Waals surface area contributed by atoms with Crippen molar-refractivity contribution in [3.63, 3.8) is 0 Å². The standard InChI is InChI=1S/C6H13NO.2ClH/c1-4-6(2,3)5(7)8;;/h4H2,1-3H3,(H2,7,8);2*1H. The van der Waals surface area contributed by atoms with Crippen LogP contribution in [0.15, 0.2) is 0 Å². The molecule has 2 nitrogen and oxygen atoms in total. The second kappa shape index (κ2) is 5.81. The molecule has 4 heteroatoms. The molecule has 0 radical (unpaired) electrons.